The molecule has 1 unspecified atom stereocenters. The highest BCUT2D eigenvalue weighted by Crippen LogP contribution is 2.30. The van der Waals surface area contributed by atoms with Crippen LogP contribution in [0.15, 0.2) is 0 Å². The van der Waals surface area contributed by atoms with Crippen LogP contribution in [-0.4, -0.2) is 26.3 Å². The lowest BCUT2D eigenvalue weighted by molar-refractivity contribution is 0.0419. The average Bonchev–Trinajstić information content (AvgIpc) is 2.99. The Morgan fingerprint density at radius 1 is 1.33 bits per heavy atom. The van der Waals surface area contributed by atoms with E-state index in [0.717, 1.165) is 32.2 Å². The van der Waals surface area contributed by atoms with Crippen molar-refractivity contribution in [3.8, 4) is 0 Å². The molecule has 2 nitrogen and oxygen atoms in total. The molecule has 0 aromatic heterocycles. The zero-order valence-corrected chi connectivity index (χ0v) is 10.6. The van der Waals surface area contributed by atoms with E-state index in [2.05, 4.69) is 26.1 Å². The highest BCUT2D eigenvalue weighted by molar-refractivity contribution is 4.77. The molecular formula is C13H27NO. The van der Waals surface area contributed by atoms with Crippen molar-refractivity contribution in [2.45, 2.75) is 46.5 Å². The predicted octanol–water partition coefficient (Wildman–Crippen LogP) is 2.83. The van der Waals surface area contributed by atoms with E-state index in [1.807, 2.05) is 0 Å². The van der Waals surface area contributed by atoms with Crippen LogP contribution in [0.3, 0.4) is 0 Å². The van der Waals surface area contributed by atoms with Crippen molar-refractivity contribution in [3.63, 3.8) is 0 Å². The van der Waals surface area contributed by atoms with Crippen molar-refractivity contribution in [2.75, 3.05) is 26.3 Å². The summed E-state index contributed by atoms with van der Waals surface area (Å²) in [5.74, 6) is 0.884. The molecule has 90 valence electrons. The maximum Gasteiger partial charge on any atom is 0.0532 e. The Kier molecular flexibility index (Phi) is 5.62. The molecule has 1 atom stereocenters. The van der Waals surface area contributed by atoms with Gasteiger partial charge in [-0.05, 0) is 31.7 Å². The highest BCUT2D eigenvalue weighted by Gasteiger charge is 2.26. The fraction of sp³-hybridized carbons (Fsp3) is 1.00. The third kappa shape index (κ3) is 5.53. The molecule has 0 radical (unpaired) electrons. The molecule has 15 heavy (non-hydrogen) atoms. The molecule has 0 amide bonds. The summed E-state index contributed by atoms with van der Waals surface area (Å²) in [7, 11) is 0. The van der Waals surface area contributed by atoms with Crippen molar-refractivity contribution in [3.05, 3.63) is 0 Å². The fourth-order valence-electron chi connectivity index (χ4n) is 2.00. The fourth-order valence-corrected chi connectivity index (χ4v) is 2.00. The van der Waals surface area contributed by atoms with Gasteiger partial charge >= 0.3 is 0 Å². The van der Waals surface area contributed by atoms with Crippen LogP contribution < -0.4 is 5.32 Å². The minimum atomic E-state index is 0.333. The van der Waals surface area contributed by atoms with Crippen LogP contribution in [0.25, 0.3) is 0 Å². The van der Waals surface area contributed by atoms with E-state index >= 15 is 0 Å². The molecule has 1 rings (SSSR count). The third-order valence-corrected chi connectivity index (χ3v) is 3.16. The number of nitrogens with one attached hydrogen (secondary N) is 1. The molecule has 0 aromatic rings. The Morgan fingerprint density at radius 3 is 2.60 bits per heavy atom. The molecule has 1 aliphatic carbocycles. The van der Waals surface area contributed by atoms with E-state index in [1.54, 1.807) is 0 Å². The summed E-state index contributed by atoms with van der Waals surface area (Å²) in [6.45, 7) is 10.8. The van der Waals surface area contributed by atoms with Crippen LogP contribution in [0.1, 0.15) is 46.5 Å². The van der Waals surface area contributed by atoms with E-state index in [0.29, 0.717) is 5.41 Å². The normalized spacial score (nSPS) is 20.2. The molecule has 1 saturated carbocycles. The molecule has 2 heteroatoms. The van der Waals surface area contributed by atoms with Gasteiger partial charge in [-0.3, -0.25) is 0 Å². The average molecular weight is 213 g/mol. The molecule has 1 N–H and O–H groups in total. The summed E-state index contributed by atoms with van der Waals surface area (Å²) in [5, 5.41) is 3.45. The topological polar surface area (TPSA) is 21.3 Å². The number of ether oxygens (including phenoxy) is 1. The van der Waals surface area contributed by atoms with Gasteiger partial charge in [-0.25, -0.2) is 0 Å². The van der Waals surface area contributed by atoms with Gasteiger partial charge in [0.15, 0.2) is 0 Å². The third-order valence-electron chi connectivity index (χ3n) is 3.16. The minimum absolute atomic E-state index is 0.333. The number of hydrogen-bond donors (Lipinski definition) is 1. The van der Waals surface area contributed by atoms with Crippen LogP contribution in [-0.2, 0) is 4.74 Å². The second kappa shape index (κ2) is 6.49. The largest absolute Gasteiger partial charge is 0.381 e. The lowest BCUT2D eigenvalue weighted by Gasteiger charge is -2.29. The first-order chi connectivity index (χ1) is 7.20. The highest BCUT2D eigenvalue weighted by atomic mass is 16.5. The smallest absolute Gasteiger partial charge is 0.0532 e. The minimum Gasteiger partial charge on any atom is -0.381 e. The van der Waals surface area contributed by atoms with E-state index in [4.69, 9.17) is 4.74 Å². The summed E-state index contributed by atoms with van der Waals surface area (Å²) >= 11 is 0. The molecule has 1 aliphatic rings. The molecule has 0 aliphatic heterocycles. The van der Waals surface area contributed by atoms with Crippen molar-refractivity contribution in [1.29, 1.82) is 0 Å². The summed E-state index contributed by atoms with van der Waals surface area (Å²) in [6.07, 6.45) is 5.27. The zero-order chi connectivity index (χ0) is 11.1. The van der Waals surface area contributed by atoms with Crippen LogP contribution in [0.2, 0.25) is 0 Å². The van der Waals surface area contributed by atoms with Gasteiger partial charge < -0.3 is 10.1 Å². The van der Waals surface area contributed by atoms with E-state index < -0.39 is 0 Å². The van der Waals surface area contributed by atoms with Gasteiger partial charge in [-0.2, -0.15) is 0 Å². The maximum absolute atomic E-state index is 5.83. The lowest BCUT2D eigenvalue weighted by atomic mass is 9.86. The predicted molar refractivity (Wildman–Crippen MR) is 65.1 cm³/mol. The Bertz CT molecular complexity index is 168. The van der Waals surface area contributed by atoms with Gasteiger partial charge in [0.1, 0.15) is 0 Å². The molecule has 0 aromatic carbocycles. The van der Waals surface area contributed by atoms with Crippen LogP contribution >= 0.6 is 0 Å². The summed E-state index contributed by atoms with van der Waals surface area (Å²) in [6, 6.07) is 0. The first-order valence-electron chi connectivity index (χ1n) is 6.48. The molecule has 0 heterocycles. The second-order valence-corrected chi connectivity index (χ2v) is 5.30. The van der Waals surface area contributed by atoms with Gasteiger partial charge in [-0.1, -0.05) is 27.2 Å². The van der Waals surface area contributed by atoms with Gasteiger partial charge in [0.25, 0.3) is 0 Å². The van der Waals surface area contributed by atoms with Gasteiger partial charge in [-0.15, -0.1) is 0 Å². The van der Waals surface area contributed by atoms with Gasteiger partial charge in [0.2, 0.25) is 0 Å². The van der Waals surface area contributed by atoms with E-state index in [9.17, 15) is 0 Å². The summed E-state index contributed by atoms with van der Waals surface area (Å²) in [4.78, 5) is 0. The maximum atomic E-state index is 5.83. The molecule has 0 bridgehead atoms. The SMILES string of the molecule is CCCC(C)(CNCC)COCC1CC1. The first-order valence-corrected chi connectivity index (χ1v) is 6.48. The van der Waals surface area contributed by atoms with Crippen LogP contribution in [0.4, 0.5) is 0 Å². The number of rotatable bonds is 9. The Morgan fingerprint density at radius 2 is 2.07 bits per heavy atom. The lowest BCUT2D eigenvalue weighted by Crippen LogP contribution is -2.36. The van der Waals surface area contributed by atoms with Crippen molar-refractivity contribution >= 4 is 0 Å². The van der Waals surface area contributed by atoms with Crippen molar-refractivity contribution < 1.29 is 4.74 Å². The number of hydrogen-bond acceptors (Lipinski definition) is 2. The Balaban J connectivity index is 2.19. The van der Waals surface area contributed by atoms with E-state index in [-0.39, 0.29) is 0 Å². The molecular weight excluding hydrogens is 186 g/mol. The molecule has 0 saturated heterocycles. The van der Waals surface area contributed by atoms with E-state index in [1.165, 1.54) is 25.7 Å². The Labute approximate surface area is 94.8 Å². The van der Waals surface area contributed by atoms with Crippen molar-refractivity contribution in [1.82, 2.24) is 5.32 Å². The summed E-state index contributed by atoms with van der Waals surface area (Å²) in [5.41, 5.74) is 0.333. The monoisotopic (exact) mass is 213 g/mol. The molecule has 1 fully saturated rings. The second-order valence-electron chi connectivity index (χ2n) is 5.30. The summed E-state index contributed by atoms with van der Waals surface area (Å²) < 4.78 is 5.83. The van der Waals surface area contributed by atoms with Crippen LogP contribution in [0, 0.1) is 11.3 Å². The standard InChI is InChI=1S/C13H27NO/c1-4-8-13(3,10-14-5-2)11-15-9-12-6-7-12/h12,14H,4-11H2,1-3H3. The first kappa shape index (κ1) is 13.0. The quantitative estimate of drug-likeness (QED) is 0.636. The molecule has 0 spiro atoms. The zero-order valence-electron chi connectivity index (χ0n) is 10.6. The van der Waals surface area contributed by atoms with Crippen LogP contribution in [0.5, 0.6) is 0 Å². The van der Waals surface area contributed by atoms with Crippen molar-refractivity contribution in [2.24, 2.45) is 11.3 Å². The Hall–Kier alpha value is -0.0800. The van der Waals surface area contributed by atoms with Gasteiger partial charge in [0, 0.05) is 18.6 Å². The van der Waals surface area contributed by atoms with Gasteiger partial charge in [0.05, 0.1) is 6.61 Å².